The summed E-state index contributed by atoms with van der Waals surface area (Å²) in [6.45, 7) is 0. The molecule has 2 rings (SSSR count). The number of rotatable bonds is 5. The van der Waals surface area contributed by atoms with Crippen LogP contribution in [0.4, 0.5) is 5.69 Å². The van der Waals surface area contributed by atoms with E-state index < -0.39 is 5.97 Å². The molecule has 114 valence electrons. The van der Waals surface area contributed by atoms with Crippen LogP contribution in [0, 0.1) is 5.92 Å². The Morgan fingerprint density at radius 3 is 2.76 bits per heavy atom. The van der Waals surface area contributed by atoms with Crippen LogP contribution in [0.15, 0.2) is 24.3 Å². The Labute approximate surface area is 124 Å². The minimum absolute atomic E-state index is 0.0300. The fraction of sp³-hybridized carbons (Fsp3) is 0.500. The number of carboxylic acid groups (broad SMARTS) is 1. The molecule has 1 aliphatic rings. The van der Waals surface area contributed by atoms with Crippen molar-refractivity contribution in [2.75, 3.05) is 5.32 Å². The number of carbonyl (C=O) groups excluding carboxylic acids is 1. The lowest BCUT2D eigenvalue weighted by Crippen LogP contribution is -2.40. The molecule has 0 aromatic heterocycles. The number of carboxylic acids is 1. The number of amides is 1. The van der Waals surface area contributed by atoms with E-state index in [0.717, 1.165) is 31.2 Å². The molecule has 2 atom stereocenters. The Bertz CT molecular complexity index is 516. The summed E-state index contributed by atoms with van der Waals surface area (Å²) in [4.78, 5) is 22.9. The molecule has 0 heterocycles. The second kappa shape index (κ2) is 7.22. The number of nitrogens with one attached hydrogen (secondary N) is 1. The van der Waals surface area contributed by atoms with Crippen molar-refractivity contribution in [3.8, 4) is 0 Å². The molecule has 1 fully saturated rings. The summed E-state index contributed by atoms with van der Waals surface area (Å²) < 4.78 is 0. The molecule has 21 heavy (non-hydrogen) atoms. The van der Waals surface area contributed by atoms with Gasteiger partial charge >= 0.3 is 5.97 Å². The van der Waals surface area contributed by atoms with Gasteiger partial charge in [0, 0.05) is 18.2 Å². The van der Waals surface area contributed by atoms with Gasteiger partial charge in [-0.1, -0.05) is 25.0 Å². The third kappa shape index (κ3) is 4.56. The van der Waals surface area contributed by atoms with Crippen LogP contribution in [0.25, 0.3) is 0 Å². The van der Waals surface area contributed by atoms with E-state index in [1.807, 2.05) is 24.3 Å². The Balaban J connectivity index is 1.97. The summed E-state index contributed by atoms with van der Waals surface area (Å²) >= 11 is 0. The van der Waals surface area contributed by atoms with Gasteiger partial charge < -0.3 is 16.2 Å². The topological polar surface area (TPSA) is 92.4 Å². The molecule has 1 saturated carbocycles. The van der Waals surface area contributed by atoms with Crippen molar-refractivity contribution < 1.29 is 14.7 Å². The van der Waals surface area contributed by atoms with Crippen molar-refractivity contribution in [1.82, 2.24) is 0 Å². The highest BCUT2D eigenvalue weighted by Crippen LogP contribution is 2.24. The van der Waals surface area contributed by atoms with Crippen LogP contribution in [-0.2, 0) is 16.0 Å². The van der Waals surface area contributed by atoms with Crippen molar-refractivity contribution in [2.45, 2.75) is 44.6 Å². The van der Waals surface area contributed by atoms with Gasteiger partial charge in [-0.3, -0.25) is 9.59 Å². The van der Waals surface area contributed by atoms with E-state index in [2.05, 4.69) is 5.32 Å². The SMILES string of the molecule is NC1CCCCC1C(=O)Nc1cccc(CCC(=O)O)c1. The minimum atomic E-state index is -0.822. The lowest BCUT2D eigenvalue weighted by molar-refractivity contribution is -0.137. The maximum Gasteiger partial charge on any atom is 0.303 e. The number of hydrogen-bond acceptors (Lipinski definition) is 3. The fourth-order valence-electron chi connectivity index (χ4n) is 2.78. The first-order chi connectivity index (χ1) is 10.1. The molecule has 0 bridgehead atoms. The summed E-state index contributed by atoms with van der Waals surface area (Å²) in [7, 11) is 0. The van der Waals surface area contributed by atoms with Crippen LogP contribution in [0.2, 0.25) is 0 Å². The highest BCUT2D eigenvalue weighted by Gasteiger charge is 2.28. The van der Waals surface area contributed by atoms with Crippen LogP contribution < -0.4 is 11.1 Å². The molecule has 1 aromatic carbocycles. The largest absolute Gasteiger partial charge is 0.481 e. The van der Waals surface area contributed by atoms with Gasteiger partial charge in [0.05, 0.1) is 5.92 Å². The lowest BCUT2D eigenvalue weighted by Gasteiger charge is -2.27. The highest BCUT2D eigenvalue weighted by atomic mass is 16.4. The molecule has 4 N–H and O–H groups in total. The number of hydrogen-bond donors (Lipinski definition) is 3. The van der Waals surface area contributed by atoms with Crippen LogP contribution in [0.5, 0.6) is 0 Å². The monoisotopic (exact) mass is 290 g/mol. The lowest BCUT2D eigenvalue weighted by atomic mass is 9.84. The molecule has 1 aromatic rings. The van der Waals surface area contributed by atoms with E-state index in [9.17, 15) is 9.59 Å². The first-order valence-corrected chi connectivity index (χ1v) is 7.43. The van der Waals surface area contributed by atoms with Gasteiger partial charge in [-0.25, -0.2) is 0 Å². The second-order valence-electron chi connectivity index (χ2n) is 5.64. The number of carbonyl (C=O) groups is 2. The molecule has 0 spiro atoms. The average molecular weight is 290 g/mol. The maximum absolute atomic E-state index is 12.3. The molecule has 0 aliphatic heterocycles. The summed E-state index contributed by atoms with van der Waals surface area (Å²) in [5.74, 6) is -0.975. The molecule has 0 radical (unpaired) electrons. The maximum atomic E-state index is 12.3. The smallest absolute Gasteiger partial charge is 0.303 e. The molecule has 0 saturated heterocycles. The molecule has 2 unspecified atom stereocenters. The van der Waals surface area contributed by atoms with E-state index in [-0.39, 0.29) is 24.3 Å². The Kier molecular flexibility index (Phi) is 5.33. The Morgan fingerprint density at radius 2 is 2.05 bits per heavy atom. The second-order valence-corrected chi connectivity index (χ2v) is 5.64. The van der Waals surface area contributed by atoms with E-state index in [0.29, 0.717) is 12.1 Å². The minimum Gasteiger partial charge on any atom is -0.481 e. The normalized spacial score (nSPS) is 21.8. The van der Waals surface area contributed by atoms with E-state index in [1.54, 1.807) is 0 Å². The number of aryl methyl sites for hydroxylation is 1. The van der Waals surface area contributed by atoms with Crippen LogP contribution in [-0.4, -0.2) is 23.0 Å². The molecule has 1 amide bonds. The summed E-state index contributed by atoms with van der Waals surface area (Å²) in [6.07, 6.45) is 4.43. The van der Waals surface area contributed by atoms with Gasteiger partial charge in [-0.05, 0) is 37.0 Å². The van der Waals surface area contributed by atoms with Gasteiger partial charge in [-0.2, -0.15) is 0 Å². The molecular formula is C16H22N2O3. The zero-order chi connectivity index (χ0) is 15.2. The van der Waals surface area contributed by atoms with Crippen molar-refractivity contribution in [3.05, 3.63) is 29.8 Å². The van der Waals surface area contributed by atoms with Crippen molar-refractivity contribution in [1.29, 1.82) is 0 Å². The van der Waals surface area contributed by atoms with Gasteiger partial charge in [-0.15, -0.1) is 0 Å². The Hall–Kier alpha value is -1.88. The van der Waals surface area contributed by atoms with Crippen molar-refractivity contribution in [3.63, 3.8) is 0 Å². The summed E-state index contributed by atoms with van der Waals surface area (Å²) in [5.41, 5.74) is 7.63. The zero-order valence-electron chi connectivity index (χ0n) is 12.0. The van der Waals surface area contributed by atoms with Gasteiger partial charge in [0.1, 0.15) is 0 Å². The van der Waals surface area contributed by atoms with Crippen LogP contribution >= 0.6 is 0 Å². The highest BCUT2D eigenvalue weighted by molar-refractivity contribution is 5.93. The van der Waals surface area contributed by atoms with Crippen molar-refractivity contribution in [2.24, 2.45) is 11.7 Å². The Morgan fingerprint density at radius 1 is 1.29 bits per heavy atom. The quantitative estimate of drug-likeness (QED) is 0.774. The third-order valence-electron chi connectivity index (χ3n) is 3.98. The first-order valence-electron chi connectivity index (χ1n) is 7.43. The van der Waals surface area contributed by atoms with Crippen molar-refractivity contribution >= 4 is 17.6 Å². The molecule has 5 heteroatoms. The van der Waals surface area contributed by atoms with Gasteiger partial charge in [0.25, 0.3) is 0 Å². The summed E-state index contributed by atoms with van der Waals surface area (Å²) in [6, 6.07) is 7.28. The van der Waals surface area contributed by atoms with E-state index >= 15 is 0 Å². The summed E-state index contributed by atoms with van der Waals surface area (Å²) in [5, 5.41) is 11.6. The zero-order valence-corrected chi connectivity index (χ0v) is 12.0. The van der Waals surface area contributed by atoms with E-state index in [1.165, 1.54) is 0 Å². The fourth-order valence-corrected chi connectivity index (χ4v) is 2.78. The van der Waals surface area contributed by atoms with Gasteiger partial charge in [0.2, 0.25) is 5.91 Å². The predicted octanol–water partition coefficient (Wildman–Crippen LogP) is 2.16. The van der Waals surface area contributed by atoms with Crippen LogP contribution in [0.1, 0.15) is 37.7 Å². The van der Waals surface area contributed by atoms with Gasteiger partial charge in [0.15, 0.2) is 0 Å². The predicted molar refractivity (Wildman–Crippen MR) is 81.0 cm³/mol. The number of nitrogens with two attached hydrogens (primary N) is 1. The van der Waals surface area contributed by atoms with Crippen LogP contribution in [0.3, 0.4) is 0 Å². The molecular weight excluding hydrogens is 268 g/mol. The van der Waals surface area contributed by atoms with E-state index in [4.69, 9.17) is 10.8 Å². The molecule has 5 nitrogen and oxygen atoms in total. The average Bonchev–Trinajstić information content (AvgIpc) is 2.46. The number of anilines is 1. The molecule has 1 aliphatic carbocycles. The third-order valence-corrected chi connectivity index (χ3v) is 3.98. The standard InChI is InChI=1S/C16H22N2O3/c17-14-7-2-1-6-13(14)16(21)18-12-5-3-4-11(10-12)8-9-15(19)20/h3-5,10,13-14H,1-2,6-9,17H2,(H,18,21)(H,19,20). The number of aliphatic carboxylic acids is 1. The first kappa shape index (κ1) is 15.5. The number of benzene rings is 1.